The number of anilines is 1. The summed E-state index contributed by atoms with van der Waals surface area (Å²) in [7, 11) is 0. The van der Waals surface area contributed by atoms with Gasteiger partial charge in [-0.2, -0.15) is 5.26 Å². The number of aryl methyl sites for hydroxylation is 1. The highest BCUT2D eigenvalue weighted by Crippen LogP contribution is 2.19. The number of carbonyl (C=O) groups is 1. The topological polar surface area (TPSA) is 85.2 Å². The predicted molar refractivity (Wildman–Crippen MR) is 76.3 cm³/mol. The molecule has 1 aromatic carbocycles. The second-order valence-electron chi connectivity index (χ2n) is 5.20. The molecular weight excluding hydrogens is 254 g/mol. The van der Waals surface area contributed by atoms with E-state index in [-0.39, 0.29) is 12.1 Å². The highest BCUT2D eigenvalue weighted by Gasteiger charge is 2.24. The van der Waals surface area contributed by atoms with E-state index in [2.05, 4.69) is 10.6 Å². The van der Waals surface area contributed by atoms with Crippen LogP contribution in [0.15, 0.2) is 18.2 Å². The quantitative estimate of drug-likeness (QED) is 0.772. The van der Waals surface area contributed by atoms with Gasteiger partial charge in [-0.15, -0.1) is 0 Å². The largest absolute Gasteiger partial charge is 0.391 e. The summed E-state index contributed by atoms with van der Waals surface area (Å²) in [5.41, 5.74) is 2.01. The number of rotatable bonds is 2. The van der Waals surface area contributed by atoms with Crippen LogP contribution in [0.25, 0.3) is 0 Å². The van der Waals surface area contributed by atoms with E-state index >= 15 is 0 Å². The van der Waals surface area contributed by atoms with E-state index in [0.29, 0.717) is 11.3 Å². The Kier molecular flexibility index (Phi) is 4.59. The third kappa shape index (κ3) is 3.49. The van der Waals surface area contributed by atoms with Crippen LogP contribution in [-0.2, 0) is 0 Å². The molecule has 1 aliphatic carbocycles. The van der Waals surface area contributed by atoms with Gasteiger partial charge in [-0.25, -0.2) is 4.79 Å². The van der Waals surface area contributed by atoms with Crippen molar-refractivity contribution in [1.82, 2.24) is 5.32 Å². The summed E-state index contributed by atoms with van der Waals surface area (Å²) in [5.74, 6) is 0. The number of carbonyl (C=O) groups excluding carboxylic acids is 1. The molecule has 0 aliphatic heterocycles. The summed E-state index contributed by atoms with van der Waals surface area (Å²) in [4.78, 5) is 12.0. The molecule has 1 fully saturated rings. The molecule has 20 heavy (non-hydrogen) atoms. The van der Waals surface area contributed by atoms with Gasteiger partial charge in [-0.1, -0.05) is 18.9 Å². The first-order valence-corrected chi connectivity index (χ1v) is 6.86. The number of nitriles is 1. The van der Waals surface area contributed by atoms with E-state index in [1.807, 2.05) is 13.0 Å². The fraction of sp³-hybridized carbons (Fsp3) is 0.467. The van der Waals surface area contributed by atoms with Gasteiger partial charge in [0.05, 0.1) is 23.8 Å². The van der Waals surface area contributed by atoms with Crippen molar-refractivity contribution in [2.75, 3.05) is 5.32 Å². The van der Waals surface area contributed by atoms with Crippen LogP contribution in [-0.4, -0.2) is 23.3 Å². The van der Waals surface area contributed by atoms with Gasteiger partial charge in [0.15, 0.2) is 0 Å². The lowest BCUT2D eigenvalue weighted by Crippen LogP contribution is -2.46. The van der Waals surface area contributed by atoms with Crippen molar-refractivity contribution in [2.24, 2.45) is 0 Å². The SMILES string of the molecule is Cc1ccc(C#N)cc1NC(=O)NC1CCCCC1O. The van der Waals surface area contributed by atoms with E-state index in [1.165, 1.54) is 0 Å². The molecule has 2 unspecified atom stereocenters. The van der Waals surface area contributed by atoms with E-state index in [9.17, 15) is 9.90 Å². The predicted octanol–water partition coefficient (Wildman–Crippen LogP) is 2.29. The molecule has 3 N–H and O–H groups in total. The smallest absolute Gasteiger partial charge is 0.319 e. The van der Waals surface area contributed by atoms with E-state index in [0.717, 1.165) is 31.2 Å². The van der Waals surface area contributed by atoms with E-state index in [4.69, 9.17) is 5.26 Å². The minimum atomic E-state index is -0.471. The van der Waals surface area contributed by atoms with Crippen molar-refractivity contribution in [3.63, 3.8) is 0 Å². The average Bonchev–Trinajstić information content (AvgIpc) is 2.44. The van der Waals surface area contributed by atoms with Gasteiger partial charge in [-0.05, 0) is 37.5 Å². The maximum atomic E-state index is 12.0. The molecule has 0 radical (unpaired) electrons. The maximum Gasteiger partial charge on any atom is 0.319 e. The number of nitrogens with one attached hydrogen (secondary N) is 2. The third-order valence-electron chi connectivity index (χ3n) is 3.66. The van der Waals surface area contributed by atoms with Crippen molar-refractivity contribution in [3.8, 4) is 6.07 Å². The monoisotopic (exact) mass is 273 g/mol. The zero-order chi connectivity index (χ0) is 14.5. The van der Waals surface area contributed by atoms with Crippen LogP contribution in [0.2, 0.25) is 0 Å². The van der Waals surface area contributed by atoms with Gasteiger partial charge in [-0.3, -0.25) is 0 Å². The first-order valence-electron chi connectivity index (χ1n) is 6.86. The summed E-state index contributed by atoms with van der Waals surface area (Å²) < 4.78 is 0. The molecule has 2 amide bonds. The second kappa shape index (κ2) is 6.40. The van der Waals surface area contributed by atoms with Crippen LogP contribution < -0.4 is 10.6 Å². The standard InChI is InChI=1S/C15H19N3O2/c1-10-6-7-11(9-16)8-13(10)18-15(20)17-12-4-2-3-5-14(12)19/h6-8,12,14,19H,2-5H2,1H3,(H2,17,18,20). The second-order valence-corrected chi connectivity index (χ2v) is 5.20. The van der Waals surface area contributed by atoms with Crippen LogP contribution in [0, 0.1) is 18.3 Å². The lowest BCUT2D eigenvalue weighted by molar-refractivity contribution is 0.0955. The summed E-state index contributed by atoms with van der Waals surface area (Å²) >= 11 is 0. The summed E-state index contributed by atoms with van der Waals surface area (Å²) in [6.07, 6.45) is 3.08. The zero-order valence-corrected chi connectivity index (χ0v) is 11.5. The van der Waals surface area contributed by atoms with E-state index in [1.54, 1.807) is 18.2 Å². The molecule has 0 saturated heterocycles. The zero-order valence-electron chi connectivity index (χ0n) is 11.5. The Morgan fingerprint density at radius 3 is 2.85 bits per heavy atom. The van der Waals surface area contributed by atoms with Crippen LogP contribution >= 0.6 is 0 Å². The van der Waals surface area contributed by atoms with Gasteiger partial charge in [0.2, 0.25) is 0 Å². The molecule has 2 rings (SSSR count). The summed E-state index contributed by atoms with van der Waals surface area (Å²) in [6, 6.07) is 6.67. The van der Waals surface area contributed by atoms with E-state index < -0.39 is 6.10 Å². The Hall–Kier alpha value is -2.06. The van der Waals surface area contributed by atoms with Crippen molar-refractivity contribution in [1.29, 1.82) is 5.26 Å². The molecule has 0 spiro atoms. The Balaban J connectivity index is 1.99. The normalized spacial score (nSPS) is 21.9. The lowest BCUT2D eigenvalue weighted by atomic mass is 9.93. The Labute approximate surface area is 118 Å². The number of hydrogen-bond donors (Lipinski definition) is 3. The number of aliphatic hydroxyl groups is 1. The highest BCUT2D eigenvalue weighted by atomic mass is 16.3. The van der Waals surface area contributed by atoms with Crippen LogP contribution in [0.5, 0.6) is 0 Å². The molecule has 5 heteroatoms. The number of amides is 2. The summed E-state index contributed by atoms with van der Waals surface area (Å²) in [5, 5.41) is 24.2. The number of aliphatic hydroxyl groups excluding tert-OH is 1. The van der Waals surface area contributed by atoms with Crippen LogP contribution in [0.4, 0.5) is 10.5 Å². The number of benzene rings is 1. The molecule has 5 nitrogen and oxygen atoms in total. The van der Waals surface area contributed by atoms with Crippen molar-refractivity contribution < 1.29 is 9.90 Å². The molecule has 0 heterocycles. The average molecular weight is 273 g/mol. The van der Waals surface area contributed by atoms with Gasteiger partial charge < -0.3 is 15.7 Å². The number of hydrogen-bond acceptors (Lipinski definition) is 3. The highest BCUT2D eigenvalue weighted by molar-refractivity contribution is 5.90. The molecule has 106 valence electrons. The molecule has 0 bridgehead atoms. The van der Waals surface area contributed by atoms with Crippen molar-refractivity contribution >= 4 is 11.7 Å². The Bertz CT molecular complexity index is 536. The molecule has 2 atom stereocenters. The first-order chi connectivity index (χ1) is 9.60. The minimum Gasteiger partial charge on any atom is -0.391 e. The maximum absolute atomic E-state index is 12.0. The van der Waals surface area contributed by atoms with Crippen LogP contribution in [0.1, 0.15) is 36.8 Å². The van der Waals surface area contributed by atoms with Gasteiger partial charge in [0.1, 0.15) is 0 Å². The van der Waals surface area contributed by atoms with Gasteiger partial charge >= 0.3 is 6.03 Å². The van der Waals surface area contributed by atoms with Crippen molar-refractivity contribution in [2.45, 2.75) is 44.8 Å². The molecule has 1 aliphatic rings. The molecule has 1 aromatic rings. The fourth-order valence-electron chi connectivity index (χ4n) is 2.43. The first kappa shape index (κ1) is 14.4. The van der Waals surface area contributed by atoms with Crippen molar-refractivity contribution in [3.05, 3.63) is 29.3 Å². The number of urea groups is 1. The third-order valence-corrected chi connectivity index (χ3v) is 3.66. The Morgan fingerprint density at radius 1 is 1.40 bits per heavy atom. The van der Waals surface area contributed by atoms with Gasteiger partial charge in [0.25, 0.3) is 0 Å². The molecular formula is C15H19N3O2. The fourth-order valence-corrected chi connectivity index (χ4v) is 2.43. The minimum absolute atomic E-state index is 0.191. The number of nitrogens with zero attached hydrogens (tertiary/aromatic N) is 1. The molecule has 1 saturated carbocycles. The molecule has 0 aromatic heterocycles. The lowest BCUT2D eigenvalue weighted by Gasteiger charge is -2.28. The van der Waals surface area contributed by atoms with Crippen LogP contribution in [0.3, 0.4) is 0 Å². The Morgan fingerprint density at radius 2 is 2.15 bits per heavy atom. The summed E-state index contributed by atoms with van der Waals surface area (Å²) in [6.45, 7) is 1.87. The van der Waals surface area contributed by atoms with Gasteiger partial charge in [0, 0.05) is 5.69 Å².